The van der Waals surface area contributed by atoms with Crippen LogP contribution in [0.2, 0.25) is 0 Å². The van der Waals surface area contributed by atoms with Crippen LogP contribution in [0.15, 0.2) is 41.1 Å². The summed E-state index contributed by atoms with van der Waals surface area (Å²) in [5.74, 6) is -0.978. The van der Waals surface area contributed by atoms with Gasteiger partial charge in [-0.1, -0.05) is 38.1 Å². The Balaban J connectivity index is 1.95. The fourth-order valence-electron chi connectivity index (χ4n) is 4.14. The third kappa shape index (κ3) is 4.94. The van der Waals surface area contributed by atoms with Crippen LogP contribution in [-0.2, 0) is 19.8 Å². The SMILES string of the molecule is COc1cc(Br)ncc1NC(=O)C1(c2ccccc2C(C)C)CN(C(=O)CC(C)(C)C(=O)O)C1. The molecule has 0 unspecified atom stereocenters. The average Bonchev–Trinajstić information content (AvgIpc) is 2.74. The molecule has 34 heavy (non-hydrogen) atoms. The molecule has 2 N–H and O–H groups in total. The van der Waals surface area contributed by atoms with Crippen molar-refractivity contribution in [1.82, 2.24) is 9.88 Å². The highest BCUT2D eigenvalue weighted by molar-refractivity contribution is 9.10. The maximum atomic E-state index is 13.8. The first-order chi connectivity index (χ1) is 15.9. The molecule has 182 valence electrons. The molecule has 8 nitrogen and oxygen atoms in total. The summed E-state index contributed by atoms with van der Waals surface area (Å²) in [6.07, 6.45) is 1.37. The van der Waals surface area contributed by atoms with Gasteiger partial charge in [0.1, 0.15) is 21.5 Å². The molecule has 2 aromatic rings. The van der Waals surface area contributed by atoms with Crippen LogP contribution >= 0.6 is 15.9 Å². The van der Waals surface area contributed by atoms with E-state index in [9.17, 15) is 19.5 Å². The van der Waals surface area contributed by atoms with Crippen LogP contribution in [0.1, 0.15) is 51.2 Å². The summed E-state index contributed by atoms with van der Waals surface area (Å²) in [5, 5.41) is 12.3. The number of likely N-dealkylation sites (tertiary alicyclic amines) is 1. The summed E-state index contributed by atoms with van der Waals surface area (Å²) in [4.78, 5) is 43.9. The largest absolute Gasteiger partial charge is 0.494 e. The van der Waals surface area contributed by atoms with Gasteiger partial charge >= 0.3 is 5.97 Å². The quantitative estimate of drug-likeness (QED) is 0.494. The molecule has 1 saturated heterocycles. The molecule has 2 heterocycles. The molecule has 3 rings (SSSR count). The fourth-order valence-corrected chi connectivity index (χ4v) is 4.45. The van der Waals surface area contributed by atoms with Crippen molar-refractivity contribution >= 4 is 39.4 Å². The summed E-state index contributed by atoms with van der Waals surface area (Å²) < 4.78 is 5.96. The minimum atomic E-state index is -1.19. The summed E-state index contributed by atoms with van der Waals surface area (Å²) in [6.45, 7) is 7.47. The van der Waals surface area contributed by atoms with E-state index in [2.05, 4.69) is 40.1 Å². The van der Waals surface area contributed by atoms with Gasteiger partial charge in [0.2, 0.25) is 11.8 Å². The lowest BCUT2D eigenvalue weighted by Crippen LogP contribution is -2.67. The second-order valence-electron chi connectivity index (χ2n) is 9.60. The Morgan fingerprint density at radius 2 is 1.91 bits per heavy atom. The number of methoxy groups -OCH3 is 1. The molecule has 1 aromatic carbocycles. The summed E-state index contributed by atoms with van der Waals surface area (Å²) in [5.41, 5.74) is 0.129. The number of carboxylic acid groups (broad SMARTS) is 1. The highest BCUT2D eigenvalue weighted by Crippen LogP contribution is 2.41. The van der Waals surface area contributed by atoms with E-state index in [-0.39, 0.29) is 37.2 Å². The highest BCUT2D eigenvalue weighted by atomic mass is 79.9. The van der Waals surface area contributed by atoms with E-state index in [1.54, 1.807) is 11.0 Å². The molecule has 0 saturated carbocycles. The lowest BCUT2D eigenvalue weighted by Gasteiger charge is -2.50. The van der Waals surface area contributed by atoms with E-state index >= 15 is 0 Å². The van der Waals surface area contributed by atoms with Gasteiger partial charge in [-0.2, -0.15) is 0 Å². The van der Waals surface area contributed by atoms with Crippen molar-refractivity contribution in [3.8, 4) is 5.75 Å². The van der Waals surface area contributed by atoms with Crippen LogP contribution in [-0.4, -0.2) is 53.0 Å². The lowest BCUT2D eigenvalue weighted by atomic mass is 9.69. The maximum absolute atomic E-state index is 13.8. The van der Waals surface area contributed by atoms with Crippen molar-refractivity contribution in [3.05, 3.63) is 52.3 Å². The Morgan fingerprint density at radius 3 is 2.50 bits per heavy atom. The van der Waals surface area contributed by atoms with E-state index in [4.69, 9.17) is 4.74 Å². The number of halogens is 1. The molecule has 1 aliphatic rings. The molecule has 2 amide bonds. The minimum absolute atomic E-state index is 0.143. The second-order valence-corrected chi connectivity index (χ2v) is 10.4. The number of nitrogens with zero attached hydrogens (tertiary/aromatic N) is 2. The first-order valence-electron chi connectivity index (χ1n) is 11.0. The Labute approximate surface area is 207 Å². The van der Waals surface area contributed by atoms with E-state index in [0.29, 0.717) is 16.0 Å². The number of hydrogen-bond acceptors (Lipinski definition) is 5. The fraction of sp³-hybridized carbons (Fsp3) is 0.440. The van der Waals surface area contributed by atoms with Crippen LogP contribution in [0.5, 0.6) is 5.75 Å². The second kappa shape index (κ2) is 9.74. The first-order valence-corrected chi connectivity index (χ1v) is 11.8. The summed E-state index contributed by atoms with van der Waals surface area (Å²) >= 11 is 3.30. The maximum Gasteiger partial charge on any atom is 0.309 e. The number of carboxylic acids is 1. The van der Waals surface area contributed by atoms with Gasteiger partial charge in [-0.15, -0.1) is 0 Å². The number of carbonyl (C=O) groups is 3. The zero-order chi connectivity index (χ0) is 25.3. The summed E-state index contributed by atoms with van der Waals surface area (Å²) in [7, 11) is 1.51. The Bertz CT molecular complexity index is 1110. The number of pyridine rings is 1. The van der Waals surface area contributed by atoms with Crippen molar-refractivity contribution in [3.63, 3.8) is 0 Å². The molecule has 0 radical (unpaired) electrons. The molecule has 1 aliphatic heterocycles. The standard InChI is InChI=1S/C25H30BrN3O5/c1-15(2)16-8-6-7-9-17(16)25(13-29(14-25)21(30)11-24(3,4)23(32)33)22(31)28-18-12-27-20(26)10-19(18)34-5/h6-10,12,15H,11,13-14H2,1-5H3,(H,28,31)(H,32,33). The Morgan fingerprint density at radius 1 is 1.26 bits per heavy atom. The van der Waals surface area contributed by atoms with Gasteiger partial charge in [0.05, 0.1) is 18.7 Å². The van der Waals surface area contributed by atoms with Crippen molar-refractivity contribution in [2.24, 2.45) is 5.41 Å². The Kier molecular flexibility index (Phi) is 7.35. The van der Waals surface area contributed by atoms with E-state index in [0.717, 1.165) is 11.1 Å². The number of ether oxygens (including phenoxy) is 1. The highest BCUT2D eigenvalue weighted by Gasteiger charge is 2.54. The number of carbonyl (C=O) groups excluding carboxylic acids is 2. The molecular formula is C25H30BrN3O5. The van der Waals surface area contributed by atoms with Crippen molar-refractivity contribution in [1.29, 1.82) is 0 Å². The average molecular weight is 532 g/mol. The number of aliphatic carboxylic acids is 1. The van der Waals surface area contributed by atoms with E-state index in [1.165, 1.54) is 27.2 Å². The first kappa shape index (κ1) is 25.7. The topological polar surface area (TPSA) is 109 Å². The third-order valence-electron chi connectivity index (χ3n) is 6.28. The third-order valence-corrected chi connectivity index (χ3v) is 6.71. The number of rotatable bonds is 8. The van der Waals surface area contributed by atoms with Gasteiger partial charge in [0.25, 0.3) is 0 Å². The zero-order valence-corrected chi connectivity index (χ0v) is 21.6. The molecule has 1 aromatic heterocycles. The monoisotopic (exact) mass is 531 g/mol. The number of amides is 2. The molecule has 0 spiro atoms. The molecule has 1 fully saturated rings. The number of nitrogens with one attached hydrogen (secondary N) is 1. The zero-order valence-electron chi connectivity index (χ0n) is 20.0. The van der Waals surface area contributed by atoms with Crippen LogP contribution in [0, 0.1) is 5.41 Å². The lowest BCUT2D eigenvalue weighted by molar-refractivity contribution is -0.155. The van der Waals surface area contributed by atoms with Gasteiger partial charge in [-0.05, 0) is 46.8 Å². The number of hydrogen-bond donors (Lipinski definition) is 2. The predicted octanol–water partition coefficient (Wildman–Crippen LogP) is 4.20. The molecular weight excluding hydrogens is 502 g/mol. The number of benzene rings is 1. The van der Waals surface area contributed by atoms with Crippen molar-refractivity contribution in [2.45, 2.75) is 45.4 Å². The van der Waals surface area contributed by atoms with Crippen LogP contribution < -0.4 is 10.1 Å². The van der Waals surface area contributed by atoms with E-state index < -0.39 is 16.8 Å². The van der Waals surface area contributed by atoms with Crippen LogP contribution in [0.25, 0.3) is 0 Å². The Hall–Kier alpha value is -2.94. The van der Waals surface area contributed by atoms with Gasteiger partial charge < -0.3 is 20.1 Å². The summed E-state index contributed by atoms with van der Waals surface area (Å²) in [6, 6.07) is 9.40. The van der Waals surface area contributed by atoms with Gasteiger partial charge in [-0.25, -0.2) is 4.98 Å². The van der Waals surface area contributed by atoms with Gasteiger partial charge in [0, 0.05) is 25.6 Å². The van der Waals surface area contributed by atoms with Crippen LogP contribution in [0.3, 0.4) is 0 Å². The van der Waals surface area contributed by atoms with E-state index in [1.807, 2.05) is 24.3 Å². The van der Waals surface area contributed by atoms with Crippen molar-refractivity contribution in [2.75, 3.05) is 25.5 Å². The minimum Gasteiger partial charge on any atom is -0.494 e. The van der Waals surface area contributed by atoms with Gasteiger partial charge in [-0.3, -0.25) is 14.4 Å². The smallest absolute Gasteiger partial charge is 0.309 e. The van der Waals surface area contributed by atoms with Crippen LogP contribution in [0.4, 0.5) is 5.69 Å². The number of anilines is 1. The molecule has 9 heteroatoms. The molecule has 0 aliphatic carbocycles. The molecule has 0 bridgehead atoms. The molecule has 0 atom stereocenters. The normalized spacial score (nSPS) is 15.0. The van der Waals surface area contributed by atoms with Gasteiger partial charge in [0.15, 0.2) is 0 Å². The van der Waals surface area contributed by atoms with Crippen molar-refractivity contribution < 1.29 is 24.2 Å². The number of aromatic nitrogens is 1. The predicted molar refractivity (Wildman–Crippen MR) is 132 cm³/mol.